The fourth-order valence-electron chi connectivity index (χ4n) is 2.51. The second-order valence-corrected chi connectivity index (χ2v) is 5.00. The zero-order valence-corrected chi connectivity index (χ0v) is 10.3. The Bertz CT molecular complexity index is 516. The second-order valence-electron chi connectivity index (χ2n) is 5.00. The number of aliphatic hydroxyl groups excluding tert-OH is 1. The van der Waals surface area contributed by atoms with E-state index >= 15 is 0 Å². The van der Waals surface area contributed by atoms with Gasteiger partial charge < -0.3 is 10.4 Å². The number of aromatic nitrogens is 3. The molecule has 0 aliphatic heterocycles. The molecule has 2 aromatic rings. The van der Waals surface area contributed by atoms with Crippen LogP contribution in [-0.4, -0.2) is 32.4 Å². The van der Waals surface area contributed by atoms with Crippen molar-refractivity contribution < 1.29 is 5.11 Å². The first-order chi connectivity index (χ1) is 8.81. The summed E-state index contributed by atoms with van der Waals surface area (Å²) in [5.74, 6) is 1.55. The summed E-state index contributed by atoms with van der Waals surface area (Å²) < 4.78 is 1.75. The summed E-state index contributed by atoms with van der Waals surface area (Å²) in [5, 5.41) is 17.0. The Balaban J connectivity index is 1.59. The van der Waals surface area contributed by atoms with Crippen LogP contribution in [0.25, 0.3) is 5.65 Å². The van der Waals surface area contributed by atoms with E-state index in [0.29, 0.717) is 5.92 Å². The number of nitrogens with one attached hydrogen (secondary N) is 1. The van der Waals surface area contributed by atoms with Crippen molar-refractivity contribution in [2.45, 2.75) is 31.8 Å². The van der Waals surface area contributed by atoms with E-state index in [1.807, 2.05) is 18.3 Å². The average Bonchev–Trinajstić information content (AvgIpc) is 2.85. The first-order valence-electron chi connectivity index (χ1n) is 6.53. The molecule has 0 aromatic carbocycles. The van der Waals surface area contributed by atoms with E-state index in [4.69, 9.17) is 0 Å². The van der Waals surface area contributed by atoms with E-state index in [1.54, 1.807) is 10.7 Å². The summed E-state index contributed by atoms with van der Waals surface area (Å²) in [7, 11) is 0. The number of hydrogen-bond acceptors (Lipinski definition) is 4. The van der Waals surface area contributed by atoms with Crippen molar-refractivity contribution in [2.75, 3.05) is 11.9 Å². The molecule has 0 bridgehead atoms. The smallest absolute Gasteiger partial charge is 0.157 e. The van der Waals surface area contributed by atoms with Crippen molar-refractivity contribution in [3.05, 3.63) is 24.5 Å². The summed E-state index contributed by atoms with van der Waals surface area (Å²) in [6.07, 6.45) is 7.64. The topological polar surface area (TPSA) is 62.5 Å². The summed E-state index contributed by atoms with van der Waals surface area (Å²) >= 11 is 0. The van der Waals surface area contributed by atoms with Crippen LogP contribution in [0.15, 0.2) is 24.5 Å². The molecule has 3 rings (SSSR count). The molecule has 2 heterocycles. The van der Waals surface area contributed by atoms with E-state index in [2.05, 4.69) is 15.4 Å². The second kappa shape index (κ2) is 4.94. The lowest BCUT2D eigenvalue weighted by atomic mass is 9.87. The minimum atomic E-state index is -0.0810. The van der Waals surface area contributed by atoms with Gasteiger partial charge in [-0.1, -0.05) is 0 Å². The highest BCUT2D eigenvalue weighted by atomic mass is 16.3. The van der Waals surface area contributed by atoms with Crippen molar-refractivity contribution in [1.82, 2.24) is 14.6 Å². The van der Waals surface area contributed by atoms with E-state index < -0.39 is 0 Å². The van der Waals surface area contributed by atoms with Crippen molar-refractivity contribution >= 4 is 11.5 Å². The standard InChI is InChI=1S/C13H18N4O/c18-11-3-1-10(2-4-11)9-14-12-6-8-17-13(16-12)5-7-15-17/h5-8,10-11,18H,1-4,9H2,(H,14,16). The summed E-state index contributed by atoms with van der Waals surface area (Å²) in [5.41, 5.74) is 0.860. The van der Waals surface area contributed by atoms with Crippen LogP contribution in [0.4, 0.5) is 5.82 Å². The molecule has 0 spiro atoms. The van der Waals surface area contributed by atoms with Crippen molar-refractivity contribution in [3.63, 3.8) is 0 Å². The molecule has 5 nitrogen and oxygen atoms in total. The van der Waals surface area contributed by atoms with Gasteiger partial charge in [0, 0.05) is 18.8 Å². The molecule has 18 heavy (non-hydrogen) atoms. The van der Waals surface area contributed by atoms with Gasteiger partial charge in [-0.15, -0.1) is 0 Å². The summed E-state index contributed by atoms with van der Waals surface area (Å²) in [6.45, 7) is 0.935. The third kappa shape index (κ3) is 2.46. The Morgan fingerprint density at radius 2 is 2.11 bits per heavy atom. The van der Waals surface area contributed by atoms with Gasteiger partial charge in [-0.25, -0.2) is 9.50 Å². The number of hydrogen-bond donors (Lipinski definition) is 2. The highest BCUT2D eigenvalue weighted by Gasteiger charge is 2.19. The number of rotatable bonds is 3. The van der Waals surface area contributed by atoms with Gasteiger partial charge in [0.25, 0.3) is 0 Å². The fraction of sp³-hybridized carbons (Fsp3) is 0.538. The molecule has 0 radical (unpaired) electrons. The van der Waals surface area contributed by atoms with E-state index in [1.165, 1.54) is 0 Å². The summed E-state index contributed by atoms with van der Waals surface area (Å²) in [6, 6.07) is 3.83. The van der Waals surface area contributed by atoms with Crippen LogP contribution >= 0.6 is 0 Å². The van der Waals surface area contributed by atoms with E-state index in [0.717, 1.165) is 43.7 Å². The molecule has 96 valence electrons. The molecule has 0 atom stereocenters. The van der Waals surface area contributed by atoms with E-state index in [-0.39, 0.29) is 6.10 Å². The number of anilines is 1. The Labute approximate surface area is 106 Å². The Morgan fingerprint density at radius 1 is 1.28 bits per heavy atom. The molecule has 5 heteroatoms. The molecule has 0 unspecified atom stereocenters. The molecule has 2 aromatic heterocycles. The maximum atomic E-state index is 9.46. The summed E-state index contributed by atoms with van der Waals surface area (Å²) in [4.78, 5) is 4.47. The predicted octanol–water partition coefficient (Wildman–Crippen LogP) is 1.69. The van der Waals surface area contributed by atoms with Gasteiger partial charge in [0.05, 0.1) is 12.3 Å². The monoisotopic (exact) mass is 246 g/mol. The van der Waals surface area contributed by atoms with Crippen LogP contribution < -0.4 is 5.32 Å². The molecular weight excluding hydrogens is 228 g/mol. The van der Waals surface area contributed by atoms with Gasteiger partial charge in [-0.3, -0.25) is 0 Å². The van der Waals surface area contributed by atoms with Crippen LogP contribution in [0.1, 0.15) is 25.7 Å². The molecule has 1 fully saturated rings. The van der Waals surface area contributed by atoms with Crippen molar-refractivity contribution in [1.29, 1.82) is 0 Å². The van der Waals surface area contributed by atoms with Crippen molar-refractivity contribution in [3.8, 4) is 0 Å². The highest BCUT2D eigenvalue weighted by molar-refractivity contribution is 5.45. The molecule has 1 saturated carbocycles. The van der Waals surface area contributed by atoms with Gasteiger partial charge in [-0.05, 0) is 37.7 Å². The zero-order chi connectivity index (χ0) is 12.4. The third-order valence-corrected chi connectivity index (χ3v) is 3.65. The van der Waals surface area contributed by atoms with Gasteiger partial charge in [0.15, 0.2) is 5.65 Å². The Hall–Kier alpha value is -1.62. The van der Waals surface area contributed by atoms with Crippen molar-refractivity contribution in [2.24, 2.45) is 5.92 Å². The number of aliphatic hydroxyl groups is 1. The predicted molar refractivity (Wildman–Crippen MR) is 69.4 cm³/mol. The molecule has 0 saturated heterocycles. The molecule has 1 aliphatic rings. The lowest BCUT2D eigenvalue weighted by molar-refractivity contribution is 0.111. The van der Waals surface area contributed by atoms with Crippen LogP contribution in [0.3, 0.4) is 0 Å². The first-order valence-corrected chi connectivity index (χ1v) is 6.53. The number of fused-ring (bicyclic) bond motifs is 1. The molecular formula is C13H18N4O. The minimum absolute atomic E-state index is 0.0810. The van der Waals surface area contributed by atoms with Crippen LogP contribution in [0.5, 0.6) is 0 Å². The maximum absolute atomic E-state index is 9.46. The minimum Gasteiger partial charge on any atom is -0.393 e. The largest absolute Gasteiger partial charge is 0.393 e. The lowest BCUT2D eigenvalue weighted by Crippen LogP contribution is -2.23. The highest BCUT2D eigenvalue weighted by Crippen LogP contribution is 2.24. The molecule has 1 aliphatic carbocycles. The first kappa shape index (κ1) is 11.5. The van der Waals surface area contributed by atoms with Gasteiger partial charge in [0.1, 0.15) is 5.82 Å². The number of nitrogens with zero attached hydrogens (tertiary/aromatic N) is 3. The fourth-order valence-corrected chi connectivity index (χ4v) is 2.51. The van der Waals surface area contributed by atoms with Gasteiger partial charge in [-0.2, -0.15) is 5.10 Å². The average molecular weight is 246 g/mol. The quantitative estimate of drug-likeness (QED) is 0.865. The van der Waals surface area contributed by atoms with Gasteiger partial charge in [0.2, 0.25) is 0 Å². The van der Waals surface area contributed by atoms with Crippen LogP contribution in [-0.2, 0) is 0 Å². The molecule has 2 N–H and O–H groups in total. The Morgan fingerprint density at radius 3 is 2.94 bits per heavy atom. The van der Waals surface area contributed by atoms with E-state index in [9.17, 15) is 5.11 Å². The third-order valence-electron chi connectivity index (χ3n) is 3.65. The SMILES string of the molecule is OC1CCC(CNc2ccn3nccc3n2)CC1. The zero-order valence-electron chi connectivity index (χ0n) is 10.3. The maximum Gasteiger partial charge on any atom is 0.157 e. The normalized spacial score (nSPS) is 24.3. The van der Waals surface area contributed by atoms with Crippen LogP contribution in [0, 0.1) is 5.92 Å². The lowest BCUT2D eigenvalue weighted by Gasteiger charge is -2.25. The Kier molecular flexibility index (Phi) is 3.15. The molecule has 0 amide bonds. The van der Waals surface area contributed by atoms with Gasteiger partial charge >= 0.3 is 0 Å². The van der Waals surface area contributed by atoms with Crippen LogP contribution in [0.2, 0.25) is 0 Å².